The average Bonchev–Trinajstić information content (AvgIpc) is 3.46. The van der Waals surface area contributed by atoms with Crippen LogP contribution in [0.25, 0.3) is 5.57 Å². The molecule has 0 amide bonds. The summed E-state index contributed by atoms with van der Waals surface area (Å²) >= 11 is 0. The molecule has 1 aliphatic heterocycles. The minimum atomic E-state index is -1.22. The number of fused-ring (bicyclic) bond motifs is 7. The Balaban J connectivity index is 1.17. The van der Waals surface area contributed by atoms with E-state index in [1.807, 2.05) is 6.07 Å². The standard InChI is InChI=1S/C45H64FNO3/c1-29(2)31-17-22-45(38(48)12-11-27-47-25-9-8-10-26-47)24-23-43(6)34(39(31)45)15-16-37-42(5)20-18-33(30-13-14-32(40(49)50)35(46)28-30)41(3,4)36(42)19-21-44(37,43)7/h13-14,18,28,31,34,36-37,39H,1,8-12,15-17,19-27H2,2-7H3,(H,49,50)/t31-,34+,36-,37+,39+,42-,43+,44+,45+/m0/s1. The predicted octanol–water partition coefficient (Wildman–Crippen LogP) is 11.0. The quantitative estimate of drug-likeness (QED) is 0.277. The van der Waals surface area contributed by atoms with Crippen LogP contribution >= 0.6 is 0 Å². The highest BCUT2D eigenvalue weighted by Crippen LogP contribution is 2.78. The van der Waals surface area contributed by atoms with Crippen LogP contribution in [0.4, 0.5) is 4.39 Å². The number of halogens is 1. The summed E-state index contributed by atoms with van der Waals surface area (Å²) in [6, 6.07) is 4.69. The van der Waals surface area contributed by atoms with Crippen molar-refractivity contribution in [2.45, 2.75) is 131 Å². The highest BCUT2D eigenvalue weighted by Gasteiger charge is 2.71. The van der Waals surface area contributed by atoms with E-state index < -0.39 is 11.8 Å². The normalized spacial score (nSPS) is 40.9. The van der Waals surface area contributed by atoms with Gasteiger partial charge in [-0.15, -0.1) is 0 Å². The Kier molecular flexibility index (Phi) is 9.17. The Hall–Kier alpha value is -2.27. The van der Waals surface area contributed by atoms with Gasteiger partial charge in [0, 0.05) is 11.8 Å². The van der Waals surface area contributed by atoms with Crippen molar-refractivity contribution in [3.8, 4) is 0 Å². The number of piperidine rings is 1. The highest BCUT2D eigenvalue weighted by molar-refractivity contribution is 5.88. The van der Waals surface area contributed by atoms with E-state index in [1.54, 1.807) is 0 Å². The lowest BCUT2D eigenvalue weighted by Crippen LogP contribution is -2.65. The SMILES string of the molecule is C=C(C)[C@@H]1CC[C@]2(C(=O)CCCN3CCCCC3)CC[C@]3(C)[C@H](CC[C@@H]4[C@@]5(C)CC=C(c6ccc(C(=O)O)c(F)c6)C(C)(C)[C@@H]5CC[C@]43C)[C@@H]12. The molecule has 50 heavy (non-hydrogen) atoms. The molecule has 1 heterocycles. The lowest BCUT2D eigenvalue weighted by atomic mass is 9.32. The summed E-state index contributed by atoms with van der Waals surface area (Å²) in [5.74, 6) is 1.14. The van der Waals surface area contributed by atoms with Crippen molar-refractivity contribution in [3.05, 3.63) is 53.4 Å². The number of carbonyl (C=O) groups excluding carboxylic acids is 1. The van der Waals surface area contributed by atoms with Crippen LogP contribution in [0, 0.1) is 62.5 Å². The van der Waals surface area contributed by atoms with Crippen LogP contribution in [0.3, 0.4) is 0 Å². The van der Waals surface area contributed by atoms with E-state index in [0.717, 1.165) is 69.0 Å². The van der Waals surface area contributed by atoms with Crippen molar-refractivity contribution in [1.82, 2.24) is 4.90 Å². The monoisotopic (exact) mass is 685 g/mol. The Morgan fingerprint density at radius 3 is 2.34 bits per heavy atom. The minimum absolute atomic E-state index is 0.121. The number of allylic oxidation sites excluding steroid dienone is 3. The van der Waals surface area contributed by atoms with Crippen LogP contribution in [0.1, 0.15) is 147 Å². The maximum Gasteiger partial charge on any atom is 0.338 e. The van der Waals surface area contributed by atoms with Crippen LogP contribution in [-0.4, -0.2) is 41.4 Å². The van der Waals surface area contributed by atoms with Gasteiger partial charge in [0.2, 0.25) is 0 Å². The van der Waals surface area contributed by atoms with Crippen molar-refractivity contribution in [2.24, 2.45) is 56.7 Å². The second-order valence-electron chi connectivity index (χ2n) is 19.3. The number of likely N-dealkylation sites (tertiary alicyclic amines) is 1. The second-order valence-corrected chi connectivity index (χ2v) is 19.3. The molecule has 0 aromatic heterocycles. The number of rotatable bonds is 8. The molecule has 274 valence electrons. The summed E-state index contributed by atoms with van der Waals surface area (Å²) in [6.45, 7) is 22.8. The minimum Gasteiger partial charge on any atom is -0.478 e. The smallest absolute Gasteiger partial charge is 0.338 e. The number of carboxylic acid groups (broad SMARTS) is 1. The Bertz CT molecular complexity index is 1570. The molecule has 1 aromatic carbocycles. The topological polar surface area (TPSA) is 57.6 Å². The number of carbonyl (C=O) groups is 2. The fraction of sp³-hybridized carbons (Fsp3) is 0.733. The van der Waals surface area contributed by atoms with E-state index in [2.05, 4.69) is 59.1 Å². The molecule has 7 rings (SSSR count). The Labute approximate surface area is 301 Å². The van der Waals surface area contributed by atoms with Gasteiger partial charge in [-0.2, -0.15) is 0 Å². The molecule has 4 nitrogen and oxygen atoms in total. The van der Waals surface area contributed by atoms with Crippen molar-refractivity contribution < 1.29 is 19.1 Å². The third-order valence-corrected chi connectivity index (χ3v) is 17.0. The van der Waals surface area contributed by atoms with Crippen LogP contribution in [0.2, 0.25) is 0 Å². The van der Waals surface area contributed by atoms with Crippen molar-refractivity contribution in [3.63, 3.8) is 0 Å². The van der Waals surface area contributed by atoms with Gasteiger partial charge in [0.05, 0.1) is 5.56 Å². The first-order valence-electron chi connectivity index (χ1n) is 20.2. The fourth-order valence-electron chi connectivity index (χ4n) is 14.5. The third-order valence-electron chi connectivity index (χ3n) is 17.0. The molecule has 9 atom stereocenters. The van der Waals surface area contributed by atoms with Gasteiger partial charge in [0.15, 0.2) is 0 Å². The molecule has 4 saturated carbocycles. The number of nitrogens with zero attached hydrogens (tertiary/aromatic N) is 1. The van der Waals surface area contributed by atoms with E-state index in [1.165, 1.54) is 69.3 Å². The number of carboxylic acids is 1. The van der Waals surface area contributed by atoms with Crippen LogP contribution in [0.5, 0.6) is 0 Å². The zero-order valence-electron chi connectivity index (χ0n) is 32.0. The summed E-state index contributed by atoms with van der Waals surface area (Å²) in [5, 5.41) is 9.43. The maximum absolute atomic E-state index is 14.9. The maximum atomic E-state index is 14.9. The molecule has 0 radical (unpaired) electrons. The number of Topliss-reactive ketones (excluding diaryl/α,β-unsaturated/α-hetero) is 1. The number of benzene rings is 1. The molecule has 5 heteroatoms. The fourth-order valence-corrected chi connectivity index (χ4v) is 14.5. The zero-order valence-corrected chi connectivity index (χ0v) is 32.0. The van der Waals surface area contributed by atoms with Crippen molar-refractivity contribution in [2.75, 3.05) is 19.6 Å². The molecular formula is C45H64FNO3. The molecule has 1 aromatic rings. The largest absolute Gasteiger partial charge is 0.478 e. The summed E-state index contributed by atoms with van der Waals surface area (Å²) in [7, 11) is 0. The average molecular weight is 686 g/mol. The third kappa shape index (κ3) is 5.27. The Morgan fingerprint density at radius 1 is 0.920 bits per heavy atom. The van der Waals surface area contributed by atoms with Gasteiger partial charge in [-0.25, -0.2) is 9.18 Å². The van der Waals surface area contributed by atoms with E-state index in [0.29, 0.717) is 35.4 Å². The highest BCUT2D eigenvalue weighted by atomic mass is 19.1. The summed E-state index contributed by atoms with van der Waals surface area (Å²) in [5.41, 5.74) is 3.16. The predicted molar refractivity (Wildman–Crippen MR) is 200 cm³/mol. The molecule has 6 aliphatic rings. The molecule has 1 saturated heterocycles. The molecule has 5 aliphatic carbocycles. The van der Waals surface area contributed by atoms with E-state index >= 15 is 0 Å². The van der Waals surface area contributed by atoms with E-state index in [4.69, 9.17) is 0 Å². The first-order valence-corrected chi connectivity index (χ1v) is 20.2. The first kappa shape index (κ1) is 36.1. The van der Waals surface area contributed by atoms with Gasteiger partial charge in [-0.05, 0) is 178 Å². The van der Waals surface area contributed by atoms with Gasteiger partial charge in [0.1, 0.15) is 11.6 Å². The first-order chi connectivity index (χ1) is 23.6. The van der Waals surface area contributed by atoms with Gasteiger partial charge < -0.3 is 10.0 Å². The van der Waals surface area contributed by atoms with Gasteiger partial charge >= 0.3 is 5.97 Å². The van der Waals surface area contributed by atoms with Gasteiger partial charge in [-0.3, -0.25) is 4.79 Å². The molecule has 5 fully saturated rings. The summed E-state index contributed by atoms with van der Waals surface area (Å²) < 4.78 is 14.9. The van der Waals surface area contributed by atoms with Crippen LogP contribution in [-0.2, 0) is 4.79 Å². The lowest BCUT2D eigenvalue weighted by Gasteiger charge is -2.72. The van der Waals surface area contributed by atoms with Crippen LogP contribution < -0.4 is 0 Å². The number of aromatic carboxylic acids is 1. The zero-order chi connectivity index (χ0) is 35.9. The van der Waals surface area contributed by atoms with E-state index in [-0.39, 0.29) is 32.6 Å². The van der Waals surface area contributed by atoms with E-state index in [9.17, 15) is 19.1 Å². The number of hydrogen-bond donors (Lipinski definition) is 1. The van der Waals surface area contributed by atoms with Crippen LogP contribution in [0.15, 0.2) is 36.4 Å². The number of hydrogen-bond acceptors (Lipinski definition) is 3. The summed E-state index contributed by atoms with van der Waals surface area (Å²) in [4.78, 5) is 28.7. The lowest BCUT2D eigenvalue weighted by molar-refractivity contribution is -0.224. The molecule has 0 unspecified atom stereocenters. The van der Waals surface area contributed by atoms with Gasteiger partial charge in [0.25, 0.3) is 0 Å². The van der Waals surface area contributed by atoms with Crippen molar-refractivity contribution in [1.29, 1.82) is 0 Å². The van der Waals surface area contributed by atoms with Gasteiger partial charge in [-0.1, -0.05) is 65.3 Å². The Morgan fingerprint density at radius 2 is 1.66 bits per heavy atom. The number of ketones is 1. The molecule has 0 bridgehead atoms. The summed E-state index contributed by atoms with van der Waals surface area (Å²) in [6.07, 6.45) is 18.2. The molecular weight excluding hydrogens is 621 g/mol. The molecule has 0 spiro atoms. The second kappa shape index (κ2) is 12.7. The molecule has 1 N–H and O–H groups in total. The van der Waals surface area contributed by atoms with Crippen molar-refractivity contribution >= 4 is 17.3 Å².